The summed E-state index contributed by atoms with van der Waals surface area (Å²) in [7, 11) is 2.79. The van der Waals surface area contributed by atoms with Crippen molar-refractivity contribution in [3.05, 3.63) is 63.6 Å². The summed E-state index contributed by atoms with van der Waals surface area (Å²) < 4.78 is 15.3. The van der Waals surface area contributed by atoms with Gasteiger partial charge in [-0.05, 0) is 58.4 Å². The van der Waals surface area contributed by atoms with Crippen molar-refractivity contribution in [3.8, 4) is 5.75 Å². The maximum atomic E-state index is 12.1. The third-order valence-corrected chi connectivity index (χ3v) is 3.97. The van der Waals surface area contributed by atoms with Crippen LogP contribution >= 0.6 is 15.9 Å². The Morgan fingerprint density at radius 2 is 1.44 bits per heavy atom. The first-order valence-corrected chi connectivity index (χ1v) is 7.97. The molecule has 2 aromatic rings. The van der Waals surface area contributed by atoms with Gasteiger partial charge in [0.1, 0.15) is 5.75 Å². The van der Waals surface area contributed by atoms with E-state index in [1.54, 1.807) is 18.2 Å². The second kappa shape index (κ2) is 8.43. The zero-order valence-electron chi connectivity index (χ0n) is 13.6. The Morgan fingerprint density at radius 3 is 1.96 bits per heavy atom. The number of carbonyl (C=O) groups excluding carboxylic acids is 3. The number of Topliss-reactive ketones (excluding diaryl/α,β-unsaturated/α-hetero) is 1. The first-order chi connectivity index (χ1) is 12.0. The lowest BCUT2D eigenvalue weighted by molar-refractivity contribution is 0.0474. The fourth-order valence-electron chi connectivity index (χ4n) is 2.00. The van der Waals surface area contributed by atoms with Gasteiger partial charge in [0.05, 0.1) is 29.8 Å². The van der Waals surface area contributed by atoms with Crippen LogP contribution < -0.4 is 4.74 Å². The van der Waals surface area contributed by atoms with Crippen molar-refractivity contribution < 1.29 is 28.6 Å². The summed E-state index contributed by atoms with van der Waals surface area (Å²) in [6, 6.07) is 10.6. The zero-order chi connectivity index (χ0) is 18.4. The van der Waals surface area contributed by atoms with Gasteiger partial charge in [-0.2, -0.15) is 0 Å². The highest BCUT2D eigenvalue weighted by Crippen LogP contribution is 2.25. The first-order valence-electron chi connectivity index (χ1n) is 7.18. The Bertz CT molecular complexity index is 798. The van der Waals surface area contributed by atoms with E-state index in [1.165, 1.54) is 38.5 Å². The van der Waals surface area contributed by atoms with Gasteiger partial charge in [0.25, 0.3) is 0 Å². The first kappa shape index (κ1) is 18.7. The summed E-state index contributed by atoms with van der Waals surface area (Å²) in [5.41, 5.74) is 0.941. The van der Waals surface area contributed by atoms with E-state index in [1.807, 2.05) is 0 Å². The van der Waals surface area contributed by atoms with Gasteiger partial charge < -0.3 is 14.2 Å². The predicted molar refractivity (Wildman–Crippen MR) is 93.1 cm³/mol. The molecule has 0 amide bonds. The van der Waals surface area contributed by atoms with Crippen LogP contribution in [0.25, 0.3) is 0 Å². The van der Waals surface area contributed by atoms with E-state index in [0.717, 1.165) is 0 Å². The molecular weight excluding hydrogens is 392 g/mol. The van der Waals surface area contributed by atoms with Gasteiger partial charge in [-0.1, -0.05) is 0 Å². The molecule has 0 N–H and O–H groups in total. The normalized spacial score (nSPS) is 10.0. The van der Waals surface area contributed by atoms with Crippen LogP contribution in [0.15, 0.2) is 46.9 Å². The average Bonchev–Trinajstić information content (AvgIpc) is 2.65. The highest BCUT2D eigenvalue weighted by Gasteiger charge is 2.14. The minimum absolute atomic E-state index is 0.233. The van der Waals surface area contributed by atoms with Gasteiger partial charge in [0, 0.05) is 5.56 Å². The van der Waals surface area contributed by atoms with E-state index in [4.69, 9.17) is 9.47 Å². The monoisotopic (exact) mass is 406 g/mol. The molecule has 0 bridgehead atoms. The molecule has 0 aliphatic carbocycles. The molecule has 0 saturated carbocycles. The zero-order valence-corrected chi connectivity index (χ0v) is 15.2. The van der Waals surface area contributed by atoms with Crippen molar-refractivity contribution in [2.45, 2.75) is 0 Å². The number of hydrogen-bond acceptors (Lipinski definition) is 6. The van der Waals surface area contributed by atoms with E-state index in [-0.39, 0.29) is 11.3 Å². The molecule has 0 aliphatic rings. The molecule has 0 fully saturated rings. The quantitative estimate of drug-likeness (QED) is 0.540. The lowest BCUT2D eigenvalue weighted by atomic mass is 10.1. The second-order valence-electron chi connectivity index (χ2n) is 4.92. The minimum Gasteiger partial charge on any atom is -0.496 e. The van der Waals surface area contributed by atoms with Crippen LogP contribution in [0, 0.1) is 0 Å². The van der Waals surface area contributed by atoms with Gasteiger partial charge in [-0.3, -0.25) is 4.79 Å². The van der Waals surface area contributed by atoms with Crippen LogP contribution in [0.3, 0.4) is 0 Å². The molecule has 2 rings (SSSR count). The second-order valence-corrected chi connectivity index (χ2v) is 5.77. The number of hydrogen-bond donors (Lipinski definition) is 0. The van der Waals surface area contributed by atoms with Crippen LogP contribution in [-0.4, -0.2) is 38.5 Å². The number of rotatable bonds is 6. The van der Waals surface area contributed by atoms with Crippen LogP contribution in [-0.2, 0) is 9.47 Å². The number of ether oxygens (including phenoxy) is 3. The molecule has 130 valence electrons. The Morgan fingerprint density at radius 1 is 0.880 bits per heavy atom. The Balaban J connectivity index is 1.98. The van der Waals surface area contributed by atoms with E-state index in [0.29, 0.717) is 21.3 Å². The summed E-state index contributed by atoms with van der Waals surface area (Å²) in [5, 5.41) is 0. The van der Waals surface area contributed by atoms with Crippen LogP contribution in [0.5, 0.6) is 5.75 Å². The van der Waals surface area contributed by atoms with Crippen LogP contribution in [0.1, 0.15) is 31.1 Å². The molecule has 0 unspecified atom stereocenters. The molecule has 0 atom stereocenters. The molecule has 25 heavy (non-hydrogen) atoms. The van der Waals surface area contributed by atoms with Gasteiger partial charge in [0.15, 0.2) is 12.4 Å². The van der Waals surface area contributed by atoms with Crippen molar-refractivity contribution in [2.75, 3.05) is 20.8 Å². The molecule has 0 spiro atoms. The van der Waals surface area contributed by atoms with Gasteiger partial charge in [-0.15, -0.1) is 0 Å². The fourth-order valence-corrected chi connectivity index (χ4v) is 2.54. The molecule has 6 nitrogen and oxygen atoms in total. The van der Waals surface area contributed by atoms with Crippen LogP contribution in [0.2, 0.25) is 0 Å². The van der Waals surface area contributed by atoms with Gasteiger partial charge in [0.2, 0.25) is 0 Å². The maximum Gasteiger partial charge on any atom is 0.338 e. The van der Waals surface area contributed by atoms with Gasteiger partial charge >= 0.3 is 11.9 Å². The molecule has 0 aromatic heterocycles. The van der Waals surface area contributed by atoms with E-state index < -0.39 is 18.5 Å². The fraction of sp³-hybridized carbons (Fsp3) is 0.167. The third-order valence-electron chi connectivity index (χ3n) is 3.35. The lowest BCUT2D eigenvalue weighted by Gasteiger charge is -2.07. The van der Waals surface area contributed by atoms with E-state index in [2.05, 4.69) is 20.7 Å². The number of methoxy groups -OCH3 is 2. The molecule has 0 aliphatic heterocycles. The summed E-state index contributed by atoms with van der Waals surface area (Å²) >= 11 is 3.29. The SMILES string of the molecule is COC(=O)c1ccc(C(=O)OCC(=O)c2ccc(OC)c(Br)c2)cc1. The highest BCUT2D eigenvalue weighted by molar-refractivity contribution is 9.10. The number of halogens is 1. The van der Waals surface area contributed by atoms with Crippen molar-refractivity contribution in [2.24, 2.45) is 0 Å². The maximum absolute atomic E-state index is 12.1. The number of benzene rings is 2. The standard InChI is InChI=1S/C18H15BrO6/c1-23-16-8-7-13(9-14(16)19)15(20)10-25-18(22)12-5-3-11(4-6-12)17(21)24-2/h3-9H,10H2,1-2H3. The van der Waals surface area contributed by atoms with Crippen molar-refractivity contribution in [1.82, 2.24) is 0 Å². The average molecular weight is 407 g/mol. The summed E-state index contributed by atoms with van der Waals surface area (Å²) in [5.74, 6) is -0.903. The lowest BCUT2D eigenvalue weighted by Crippen LogP contribution is -2.14. The van der Waals surface area contributed by atoms with Gasteiger partial charge in [-0.25, -0.2) is 9.59 Å². The third kappa shape index (κ3) is 4.67. The Kier molecular flexibility index (Phi) is 6.30. The van der Waals surface area contributed by atoms with Crippen molar-refractivity contribution in [3.63, 3.8) is 0 Å². The Labute approximate surface area is 152 Å². The molecule has 2 aromatic carbocycles. The van der Waals surface area contributed by atoms with Crippen molar-refractivity contribution >= 4 is 33.7 Å². The Hall–Kier alpha value is -2.67. The van der Waals surface area contributed by atoms with Crippen molar-refractivity contribution in [1.29, 1.82) is 0 Å². The van der Waals surface area contributed by atoms with Crippen LogP contribution in [0.4, 0.5) is 0 Å². The molecule has 0 heterocycles. The highest BCUT2D eigenvalue weighted by atomic mass is 79.9. The number of carbonyl (C=O) groups is 3. The van der Waals surface area contributed by atoms with E-state index >= 15 is 0 Å². The minimum atomic E-state index is -0.655. The molecule has 7 heteroatoms. The topological polar surface area (TPSA) is 78.9 Å². The molecular formula is C18H15BrO6. The number of ketones is 1. The summed E-state index contributed by atoms with van der Waals surface area (Å²) in [6.45, 7) is -0.393. The molecule has 0 radical (unpaired) electrons. The predicted octanol–water partition coefficient (Wildman–Crippen LogP) is 3.28. The number of esters is 2. The van der Waals surface area contributed by atoms with E-state index in [9.17, 15) is 14.4 Å². The largest absolute Gasteiger partial charge is 0.496 e. The smallest absolute Gasteiger partial charge is 0.338 e. The molecule has 0 saturated heterocycles. The summed E-state index contributed by atoms with van der Waals surface area (Å²) in [6.07, 6.45) is 0. The summed E-state index contributed by atoms with van der Waals surface area (Å²) in [4.78, 5) is 35.4.